The Morgan fingerprint density at radius 2 is 2.29 bits per heavy atom. The summed E-state index contributed by atoms with van der Waals surface area (Å²) in [6, 6.07) is 0. The number of thiazole rings is 1. The van der Waals surface area contributed by atoms with Crippen molar-refractivity contribution >= 4 is 11.3 Å². The van der Waals surface area contributed by atoms with E-state index in [1.165, 1.54) is 30.6 Å². The molecule has 1 aromatic rings. The van der Waals surface area contributed by atoms with Crippen molar-refractivity contribution in [3.05, 3.63) is 16.6 Å². The summed E-state index contributed by atoms with van der Waals surface area (Å²) in [4.78, 5) is 5.43. The summed E-state index contributed by atoms with van der Waals surface area (Å²) in [5, 5.41) is 0. The smallest absolute Gasteiger partial charge is 0.0794 e. The Labute approximate surface area is 89.5 Å². The lowest BCUT2D eigenvalue weighted by Gasteiger charge is -2.35. The molecule has 0 unspecified atom stereocenters. The fourth-order valence-corrected chi connectivity index (χ4v) is 2.94. The summed E-state index contributed by atoms with van der Waals surface area (Å²) in [5.74, 6) is 0.869. The zero-order valence-electron chi connectivity index (χ0n) is 8.70. The topological polar surface area (TPSA) is 38.9 Å². The van der Waals surface area contributed by atoms with Gasteiger partial charge in [0.1, 0.15) is 0 Å². The van der Waals surface area contributed by atoms with Crippen LogP contribution in [0.1, 0.15) is 37.5 Å². The van der Waals surface area contributed by atoms with Crippen molar-refractivity contribution in [3.63, 3.8) is 0 Å². The highest BCUT2D eigenvalue weighted by molar-refractivity contribution is 7.09. The second kappa shape index (κ2) is 3.99. The van der Waals surface area contributed by atoms with Gasteiger partial charge < -0.3 is 5.73 Å². The van der Waals surface area contributed by atoms with Gasteiger partial charge in [0.2, 0.25) is 0 Å². The Hall–Kier alpha value is -0.410. The van der Waals surface area contributed by atoms with E-state index in [1.54, 1.807) is 11.3 Å². The third-order valence-corrected chi connectivity index (χ3v) is 4.06. The van der Waals surface area contributed by atoms with Gasteiger partial charge in [-0.05, 0) is 31.6 Å². The van der Waals surface area contributed by atoms with E-state index in [-0.39, 0.29) is 5.54 Å². The highest BCUT2D eigenvalue weighted by Crippen LogP contribution is 2.32. The maximum Gasteiger partial charge on any atom is 0.0794 e. The van der Waals surface area contributed by atoms with Crippen LogP contribution in [-0.4, -0.2) is 10.5 Å². The zero-order chi connectivity index (χ0) is 10.0. The molecule has 1 aliphatic rings. The van der Waals surface area contributed by atoms with Crippen LogP contribution >= 0.6 is 11.3 Å². The molecule has 0 bridgehead atoms. The van der Waals surface area contributed by atoms with Gasteiger partial charge in [-0.25, -0.2) is 0 Å². The first-order valence-electron chi connectivity index (χ1n) is 5.34. The van der Waals surface area contributed by atoms with Gasteiger partial charge in [0.05, 0.1) is 5.51 Å². The molecule has 0 radical (unpaired) electrons. The first kappa shape index (κ1) is 10.1. The van der Waals surface area contributed by atoms with Crippen molar-refractivity contribution in [2.45, 2.75) is 44.6 Å². The van der Waals surface area contributed by atoms with Gasteiger partial charge in [-0.2, -0.15) is 0 Å². The van der Waals surface area contributed by atoms with E-state index in [0.29, 0.717) is 0 Å². The van der Waals surface area contributed by atoms with Crippen LogP contribution in [0.15, 0.2) is 11.7 Å². The van der Waals surface area contributed by atoms with Crippen LogP contribution in [0.25, 0.3) is 0 Å². The molecule has 2 nitrogen and oxygen atoms in total. The van der Waals surface area contributed by atoms with Crippen molar-refractivity contribution in [1.29, 1.82) is 0 Å². The van der Waals surface area contributed by atoms with Crippen molar-refractivity contribution in [1.82, 2.24) is 4.98 Å². The average molecular weight is 210 g/mol. The van der Waals surface area contributed by atoms with Gasteiger partial charge in [0.15, 0.2) is 0 Å². The molecule has 14 heavy (non-hydrogen) atoms. The molecule has 1 aromatic heterocycles. The van der Waals surface area contributed by atoms with Gasteiger partial charge in [0, 0.05) is 23.0 Å². The van der Waals surface area contributed by atoms with E-state index in [4.69, 9.17) is 5.73 Å². The van der Waals surface area contributed by atoms with Crippen LogP contribution in [0.4, 0.5) is 0 Å². The van der Waals surface area contributed by atoms with E-state index in [2.05, 4.69) is 11.9 Å². The Kier molecular flexibility index (Phi) is 2.88. The standard InChI is InChI=1S/C11H18N2S/c1-9-2-4-11(12,5-3-9)6-10-7-13-8-14-10/h7-9H,2-6,12H2,1H3. The lowest BCUT2D eigenvalue weighted by Crippen LogP contribution is -2.44. The largest absolute Gasteiger partial charge is 0.325 e. The molecule has 1 heterocycles. The van der Waals surface area contributed by atoms with Gasteiger partial charge in [-0.1, -0.05) is 6.92 Å². The SMILES string of the molecule is CC1CCC(N)(Cc2cncs2)CC1. The maximum atomic E-state index is 6.39. The van der Waals surface area contributed by atoms with E-state index >= 15 is 0 Å². The molecule has 0 aromatic carbocycles. The second-order valence-electron chi connectivity index (χ2n) is 4.69. The molecule has 0 spiro atoms. The van der Waals surface area contributed by atoms with Crippen molar-refractivity contribution in [2.75, 3.05) is 0 Å². The Balaban J connectivity index is 1.96. The second-order valence-corrected chi connectivity index (χ2v) is 5.66. The summed E-state index contributed by atoms with van der Waals surface area (Å²) in [6.07, 6.45) is 7.89. The molecule has 0 aliphatic heterocycles. The molecule has 2 N–H and O–H groups in total. The minimum absolute atomic E-state index is 0.0546. The van der Waals surface area contributed by atoms with Gasteiger partial charge in [-0.15, -0.1) is 11.3 Å². The fourth-order valence-electron chi connectivity index (χ4n) is 2.19. The molecule has 78 valence electrons. The summed E-state index contributed by atoms with van der Waals surface area (Å²) < 4.78 is 0. The third kappa shape index (κ3) is 2.34. The van der Waals surface area contributed by atoms with E-state index in [0.717, 1.165) is 12.3 Å². The normalized spacial score (nSPS) is 33.1. The Bertz CT molecular complexity index is 273. The van der Waals surface area contributed by atoms with Gasteiger partial charge >= 0.3 is 0 Å². The summed E-state index contributed by atoms with van der Waals surface area (Å²) in [7, 11) is 0. The molecule has 0 atom stereocenters. The lowest BCUT2D eigenvalue weighted by molar-refractivity contribution is 0.244. The Morgan fingerprint density at radius 1 is 1.57 bits per heavy atom. The number of nitrogens with zero attached hydrogens (tertiary/aromatic N) is 1. The molecule has 3 heteroatoms. The molecule has 2 rings (SSSR count). The third-order valence-electron chi connectivity index (χ3n) is 3.28. The van der Waals surface area contributed by atoms with Crippen molar-refractivity contribution in [2.24, 2.45) is 11.7 Å². The average Bonchev–Trinajstić information content (AvgIpc) is 2.63. The molecule has 1 aliphatic carbocycles. The minimum atomic E-state index is 0.0546. The predicted molar refractivity (Wildman–Crippen MR) is 60.4 cm³/mol. The van der Waals surface area contributed by atoms with E-state index in [9.17, 15) is 0 Å². The van der Waals surface area contributed by atoms with Gasteiger partial charge in [-0.3, -0.25) is 4.98 Å². The van der Waals surface area contributed by atoms with E-state index in [1.807, 2.05) is 11.7 Å². The van der Waals surface area contributed by atoms with E-state index < -0.39 is 0 Å². The van der Waals surface area contributed by atoms with Crippen LogP contribution in [-0.2, 0) is 6.42 Å². The van der Waals surface area contributed by atoms with Crippen LogP contribution in [0, 0.1) is 5.92 Å². The quantitative estimate of drug-likeness (QED) is 0.815. The minimum Gasteiger partial charge on any atom is -0.325 e. The monoisotopic (exact) mass is 210 g/mol. The number of rotatable bonds is 2. The first-order valence-corrected chi connectivity index (χ1v) is 6.22. The summed E-state index contributed by atoms with van der Waals surface area (Å²) in [6.45, 7) is 2.33. The molecule has 1 saturated carbocycles. The molecular weight excluding hydrogens is 192 g/mol. The first-order chi connectivity index (χ1) is 6.68. The van der Waals surface area contributed by atoms with Crippen LogP contribution in [0.2, 0.25) is 0 Å². The number of hydrogen-bond acceptors (Lipinski definition) is 3. The maximum absolute atomic E-state index is 6.39. The zero-order valence-corrected chi connectivity index (χ0v) is 9.52. The molecular formula is C11H18N2S. The molecule has 0 saturated heterocycles. The van der Waals surface area contributed by atoms with Gasteiger partial charge in [0.25, 0.3) is 0 Å². The molecule has 0 amide bonds. The molecule has 1 fully saturated rings. The summed E-state index contributed by atoms with van der Waals surface area (Å²) in [5.41, 5.74) is 8.34. The lowest BCUT2D eigenvalue weighted by atomic mass is 9.76. The number of hydrogen-bond donors (Lipinski definition) is 1. The number of aromatic nitrogens is 1. The van der Waals surface area contributed by atoms with Crippen LogP contribution in [0.5, 0.6) is 0 Å². The van der Waals surface area contributed by atoms with Crippen LogP contribution < -0.4 is 5.73 Å². The Morgan fingerprint density at radius 3 is 2.86 bits per heavy atom. The van der Waals surface area contributed by atoms with Crippen LogP contribution in [0.3, 0.4) is 0 Å². The summed E-state index contributed by atoms with van der Waals surface area (Å²) >= 11 is 1.72. The number of nitrogens with two attached hydrogens (primary N) is 1. The predicted octanol–water partition coefficient (Wildman–Crippen LogP) is 2.59. The van der Waals surface area contributed by atoms with Crippen molar-refractivity contribution in [3.8, 4) is 0 Å². The highest BCUT2D eigenvalue weighted by Gasteiger charge is 2.30. The highest BCUT2D eigenvalue weighted by atomic mass is 32.1. The fraction of sp³-hybridized carbons (Fsp3) is 0.727. The van der Waals surface area contributed by atoms with Crippen molar-refractivity contribution < 1.29 is 0 Å².